The maximum atomic E-state index is 11.8. The monoisotopic (exact) mass is 232 g/mol. The molecule has 0 amide bonds. The van der Waals surface area contributed by atoms with Crippen LogP contribution in [0.2, 0.25) is 0 Å². The van der Waals surface area contributed by atoms with E-state index in [2.05, 4.69) is 0 Å². The molecule has 0 heterocycles. The van der Waals surface area contributed by atoms with Gasteiger partial charge in [-0.3, -0.25) is 0 Å². The Kier molecular flexibility index (Phi) is 3.59. The van der Waals surface area contributed by atoms with Crippen LogP contribution in [0.15, 0.2) is 36.4 Å². The molecule has 1 aliphatic rings. The number of hydrogen-bond acceptors (Lipinski definition) is 3. The molecule has 0 aliphatic heterocycles. The number of allylic oxidation sites excluding steroid dienone is 1. The fourth-order valence-electron chi connectivity index (χ4n) is 2.13. The van der Waals surface area contributed by atoms with Crippen LogP contribution in [-0.4, -0.2) is 23.8 Å². The molecular weight excluding hydrogens is 216 g/mol. The van der Waals surface area contributed by atoms with Gasteiger partial charge in [0.05, 0.1) is 18.3 Å². The Morgan fingerprint density at radius 3 is 2.82 bits per heavy atom. The number of esters is 1. The van der Waals surface area contributed by atoms with Gasteiger partial charge in [-0.25, -0.2) is 4.79 Å². The first-order valence-corrected chi connectivity index (χ1v) is 5.84. The average molecular weight is 232 g/mol. The largest absolute Gasteiger partial charge is 0.462 e. The van der Waals surface area contributed by atoms with Crippen LogP contribution in [-0.2, 0) is 4.74 Å². The summed E-state index contributed by atoms with van der Waals surface area (Å²) < 4.78 is 5.03. The number of benzene rings is 1. The van der Waals surface area contributed by atoms with Gasteiger partial charge in [0.1, 0.15) is 0 Å². The molecule has 0 aromatic heterocycles. The van der Waals surface area contributed by atoms with Crippen molar-refractivity contribution in [2.24, 2.45) is 0 Å². The molecule has 0 spiro atoms. The van der Waals surface area contributed by atoms with Gasteiger partial charge in [-0.1, -0.05) is 30.4 Å². The topological polar surface area (TPSA) is 46.5 Å². The van der Waals surface area contributed by atoms with Crippen molar-refractivity contribution in [2.45, 2.75) is 25.4 Å². The van der Waals surface area contributed by atoms with Gasteiger partial charge < -0.3 is 9.84 Å². The van der Waals surface area contributed by atoms with Crippen molar-refractivity contribution < 1.29 is 14.6 Å². The van der Waals surface area contributed by atoms with E-state index in [1.54, 1.807) is 19.1 Å². The van der Waals surface area contributed by atoms with E-state index < -0.39 is 6.10 Å². The Hall–Kier alpha value is -1.61. The summed E-state index contributed by atoms with van der Waals surface area (Å²) in [6, 6.07) is 7.41. The first-order chi connectivity index (χ1) is 8.22. The summed E-state index contributed by atoms with van der Waals surface area (Å²) in [5.74, 6) is -0.191. The van der Waals surface area contributed by atoms with Crippen molar-refractivity contribution in [1.82, 2.24) is 0 Å². The minimum Gasteiger partial charge on any atom is -0.462 e. The minimum atomic E-state index is -0.407. The van der Waals surface area contributed by atoms with Crippen LogP contribution >= 0.6 is 0 Å². The summed E-state index contributed by atoms with van der Waals surface area (Å²) in [5, 5.41) is 9.49. The van der Waals surface area contributed by atoms with Gasteiger partial charge in [-0.2, -0.15) is 0 Å². The molecule has 1 N–H and O–H groups in total. The maximum Gasteiger partial charge on any atom is 0.338 e. The van der Waals surface area contributed by atoms with Crippen LogP contribution in [0.5, 0.6) is 0 Å². The number of aliphatic hydroxyl groups excluding tert-OH is 1. The van der Waals surface area contributed by atoms with E-state index >= 15 is 0 Å². The second-order valence-electron chi connectivity index (χ2n) is 4.10. The third-order valence-electron chi connectivity index (χ3n) is 2.92. The molecule has 17 heavy (non-hydrogen) atoms. The Balaban J connectivity index is 2.28. The lowest BCUT2D eigenvalue weighted by atomic mass is 9.93. The van der Waals surface area contributed by atoms with Crippen LogP contribution in [0.1, 0.15) is 35.2 Å². The van der Waals surface area contributed by atoms with Crippen molar-refractivity contribution in [3.05, 3.63) is 47.5 Å². The van der Waals surface area contributed by atoms with E-state index in [1.807, 2.05) is 24.3 Å². The zero-order valence-electron chi connectivity index (χ0n) is 9.80. The lowest BCUT2D eigenvalue weighted by molar-refractivity contribution is 0.0524. The number of hydrogen-bond donors (Lipinski definition) is 1. The number of aliphatic hydroxyl groups is 1. The summed E-state index contributed by atoms with van der Waals surface area (Å²) >= 11 is 0. The Bertz CT molecular complexity index is 437. The first-order valence-electron chi connectivity index (χ1n) is 5.84. The fraction of sp³-hybridized carbons (Fsp3) is 0.357. The van der Waals surface area contributed by atoms with Gasteiger partial charge in [0.2, 0.25) is 0 Å². The smallest absolute Gasteiger partial charge is 0.338 e. The lowest BCUT2D eigenvalue weighted by Gasteiger charge is -2.13. The highest BCUT2D eigenvalue weighted by atomic mass is 16.5. The Morgan fingerprint density at radius 1 is 1.41 bits per heavy atom. The van der Waals surface area contributed by atoms with Gasteiger partial charge >= 0.3 is 5.97 Å². The second kappa shape index (κ2) is 5.15. The third-order valence-corrected chi connectivity index (χ3v) is 2.92. The standard InChI is InChI=1S/C14H16O3/c1-2-17-14(16)13-6-4-3-5-12(13)10-7-8-11(15)9-10/h3-8,10-11,15H,2,9H2,1H3/t10-,11-/m0/s1. The number of ether oxygens (including phenoxy) is 1. The predicted octanol–water partition coefficient (Wildman–Crippen LogP) is 2.27. The SMILES string of the molecule is CCOC(=O)c1ccccc1[C@H]1C=C[C@H](O)C1. The van der Waals surface area contributed by atoms with Crippen LogP contribution in [0.25, 0.3) is 0 Å². The van der Waals surface area contributed by atoms with Crippen molar-refractivity contribution in [3.8, 4) is 0 Å². The second-order valence-corrected chi connectivity index (χ2v) is 4.10. The first kappa shape index (κ1) is 11.9. The molecule has 2 rings (SSSR count). The van der Waals surface area contributed by atoms with Gasteiger partial charge in [0.15, 0.2) is 0 Å². The predicted molar refractivity (Wildman–Crippen MR) is 64.9 cm³/mol. The molecule has 2 atom stereocenters. The fourth-order valence-corrected chi connectivity index (χ4v) is 2.13. The van der Waals surface area contributed by atoms with Crippen molar-refractivity contribution in [1.29, 1.82) is 0 Å². The zero-order chi connectivity index (χ0) is 12.3. The summed E-state index contributed by atoms with van der Waals surface area (Å²) in [4.78, 5) is 11.8. The summed E-state index contributed by atoms with van der Waals surface area (Å²) in [5.41, 5.74) is 1.52. The van der Waals surface area contributed by atoms with E-state index in [0.717, 1.165) is 5.56 Å². The molecule has 3 nitrogen and oxygen atoms in total. The minimum absolute atomic E-state index is 0.102. The molecule has 1 aliphatic carbocycles. The van der Waals surface area contributed by atoms with E-state index in [4.69, 9.17) is 4.74 Å². The highest BCUT2D eigenvalue weighted by molar-refractivity contribution is 5.91. The van der Waals surface area contributed by atoms with Crippen LogP contribution in [0.3, 0.4) is 0 Å². The van der Waals surface area contributed by atoms with Crippen molar-refractivity contribution in [2.75, 3.05) is 6.61 Å². The third kappa shape index (κ3) is 2.56. The molecule has 1 aromatic carbocycles. The van der Waals surface area contributed by atoms with E-state index in [-0.39, 0.29) is 11.9 Å². The molecule has 0 fully saturated rings. The van der Waals surface area contributed by atoms with Gasteiger partial charge in [-0.05, 0) is 25.0 Å². The molecule has 90 valence electrons. The van der Waals surface area contributed by atoms with Gasteiger partial charge in [-0.15, -0.1) is 0 Å². The Morgan fingerprint density at radius 2 is 2.18 bits per heavy atom. The molecule has 1 aromatic rings. The normalized spacial score (nSPS) is 22.7. The van der Waals surface area contributed by atoms with Crippen LogP contribution < -0.4 is 0 Å². The maximum absolute atomic E-state index is 11.8. The summed E-state index contributed by atoms with van der Waals surface area (Å²) in [7, 11) is 0. The van der Waals surface area contributed by atoms with Crippen molar-refractivity contribution in [3.63, 3.8) is 0 Å². The summed E-state index contributed by atoms with van der Waals surface area (Å²) in [6.07, 6.45) is 3.95. The van der Waals surface area contributed by atoms with Crippen LogP contribution in [0, 0.1) is 0 Å². The number of carbonyl (C=O) groups excluding carboxylic acids is 1. The number of rotatable bonds is 3. The molecule has 0 unspecified atom stereocenters. The van der Waals surface area contributed by atoms with E-state index in [9.17, 15) is 9.90 Å². The molecule has 0 bridgehead atoms. The molecule has 0 saturated carbocycles. The Labute approximate surface area is 101 Å². The molecular formula is C14H16O3. The molecule has 3 heteroatoms. The van der Waals surface area contributed by atoms with E-state index in [1.165, 1.54) is 0 Å². The quantitative estimate of drug-likeness (QED) is 0.642. The van der Waals surface area contributed by atoms with Crippen molar-refractivity contribution >= 4 is 5.97 Å². The molecule has 0 saturated heterocycles. The highest BCUT2D eigenvalue weighted by Gasteiger charge is 2.23. The lowest BCUT2D eigenvalue weighted by Crippen LogP contribution is -2.10. The van der Waals surface area contributed by atoms with Gasteiger partial charge in [0.25, 0.3) is 0 Å². The van der Waals surface area contributed by atoms with E-state index in [0.29, 0.717) is 18.6 Å². The highest BCUT2D eigenvalue weighted by Crippen LogP contribution is 2.31. The average Bonchev–Trinajstić information content (AvgIpc) is 2.76. The zero-order valence-corrected chi connectivity index (χ0v) is 9.80. The van der Waals surface area contributed by atoms with Gasteiger partial charge in [0, 0.05) is 5.92 Å². The number of carbonyl (C=O) groups is 1. The van der Waals surface area contributed by atoms with Crippen LogP contribution in [0.4, 0.5) is 0 Å². The summed E-state index contributed by atoms with van der Waals surface area (Å²) in [6.45, 7) is 2.16. The molecule has 0 radical (unpaired) electrons.